The van der Waals surface area contributed by atoms with E-state index in [2.05, 4.69) is 47.2 Å². The molecule has 140 valence electrons. The van der Waals surface area contributed by atoms with Crippen LogP contribution in [0.4, 0.5) is 0 Å². The topological polar surface area (TPSA) is 75.0 Å². The maximum absolute atomic E-state index is 12.8. The summed E-state index contributed by atoms with van der Waals surface area (Å²) in [7, 11) is 0. The van der Waals surface area contributed by atoms with Gasteiger partial charge in [-0.15, -0.1) is 0 Å². The molecule has 1 amide bonds. The highest BCUT2D eigenvalue weighted by Crippen LogP contribution is 2.32. The van der Waals surface area contributed by atoms with E-state index in [9.17, 15) is 4.79 Å². The lowest BCUT2D eigenvalue weighted by atomic mass is 9.89. The molecule has 0 spiro atoms. The van der Waals surface area contributed by atoms with Crippen LogP contribution in [0.5, 0.6) is 0 Å². The largest absolute Gasteiger partial charge is 0.342 e. The van der Waals surface area contributed by atoms with E-state index in [0.717, 1.165) is 35.5 Å². The van der Waals surface area contributed by atoms with Gasteiger partial charge in [-0.2, -0.15) is 0 Å². The normalized spacial score (nSPS) is 19.7. The number of benzene rings is 2. The molecule has 1 fully saturated rings. The summed E-state index contributed by atoms with van der Waals surface area (Å²) in [6, 6.07) is 16.5. The number of para-hydroxylation sites is 1. The quantitative estimate of drug-likeness (QED) is 0.733. The van der Waals surface area contributed by atoms with Crippen molar-refractivity contribution in [1.82, 2.24) is 14.9 Å². The zero-order valence-corrected chi connectivity index (χ0v) is 15.7. The molecule has 3 aromatic rings. The molecule has 0 bridgehead atoms. The van der Waals surface area contributed by atoms with Crippen LogP contribution in [0, 0.1) is 12.8 Å². The average Bonchev–Trinajstić information content (AvgIpc) is 3.31. The van der Waals surface area contributed by atoms with Crippen LogP contribution in [0.1, 0.15) is 29.3 Å². The Balaban J connectivity index is 1.41. The number of hydrogen-bond acceptors (Lipinski definition) is 3. The number of carbonyl (C=O) groups is 1. The van der Waals surface area contributed by atoms with Crippen LogP contribution in [0.3, 0.4) is 0 Å². The third-order valence-electron chi connectivity index (χ3n) is 5.66. The molecular weight excluding hydrogens is 336 g/mol. The highest BCUT2D eigenvalue weighted by Gasteiger charge is 2.34. The number of rotatable bonds is 5. The fourth-order valence-electron chi connectivity index (χ4n) is 4.12. The molecule has 1 saturated heterocycles. The van der Waals surface area contributed by atoms with E-state index in [-0.39, 0.29) is 5.91 Å². The summed E-state index contributed by atoms with van der Waals surface area (Å²) in [6.07, 6.45) is 1.10. The molecule has 0 unspecified atom stereocenters. The molecule has 27 heavy (non-hydrogen) atoms. The van der Waals surface area contributed by atoms with Crippen molar-refractivity contribution in [3.63, 3.8) is 0 Å². The number of nitrogens with one attached hydrogen (secondary N) is 1. The number of aryl methyl sites for hydroxylation is 2. The van der Waals surface area contributed by atoms with Crippen molar-refractivity contribution in [2.45, 2.75) is 25.7 Å². The number of carbonyl (C=O) groups excluding carboxylic acids is 1. The number of nitrogens with zero attached hydrogens (tertiary/aromatic N) is 2. The Hall–Kier alpha value is -2.66. The number of fused-ring (bicyclic) bond motifs is 1. The van der Waals surface area contributed by atoms with Gasteiger partial charge in [0.1, 0.15) is 5.82 Å². The molecule has 4 rings (SSSR count). The minimum Gasteiger partial charge on any atom is -0.342 e. The Morgan fingerprint density at radius 1 is 1.19 bits per heavy atom. The average molecular weight is 362 g/mol. The monoisotopic (exact) mass is 362 g/mol. The van der Waals surface area contributed by atoms with Crippen molar-refractivity contribution in [2.24, 2.45) is 11.7 Å². The SMILES string of the molecule is Cc1cccc2[nH]c(CCC(=O)N3C[C@@H](CN)[C@H](c4ccccc4)C3)nc12. The van der Waals surface area contributed by atoms with Crippen LogP contribution in [0.2, 0.25) is 0 Å². The summed E-state index contributed by atoms with van der Waals surface area (Å²) in [6.45, 7) is 4.16. The number of amides is 1. The van der Waals surface area contributed by atoms with Gasteiger partial charge in [-0.3, -0.25) is 4.79 Å². The molecule has 3 N–H and O–H groups in total. The standard InChI is InChI=1S/C22H26N4O/c1-15-6-5-9-19-22(15)25-20(24-19)10-11-21(27)26-13-17(12-23)18(14-26)16-7-3-2-4-8-16/h2-9,17-18H,10-14,23H2,1H3,(H,24,25)/t17-,18+/m1/s1. The Labute approximate surface area is 159 Å². The van der Waals surface area contributed by atoms with E-state index in [0.29, 0.717) is 31.2 Å². The summed E-state index contributed by atoms with van der Waals surface area (Å²) in [5, 5.41) is 0. The lowest BCUT2D eigenvalue weighted by molar-refractivity contribution is -0.130. The van der Waals surface area contributed by atoms with Gasteiger partial charge in [0.25, 0.3) is 0 Å². The van der Waals surface area contributed by atoms with Gasteiger partial charge in [0.2, 0.25) is 5.91 Å². The van der Waals surface area contributed by atoms with Crippen LogP contribution in [0.25, 0.3) is 11.0 Å². The van der Waals surface area contributed by atoms with Crippen LogP contribution in [-0.2, 0) is 11.2 Å². The van der Waals surface area contributed by atoms with Crippen LogP contribution >= 0.6 is 0 Å². The molecule has 1 aromatic heterocycles. The number of likely N-dealkylation sites (tertiary alicyclic amines) is 1. The first-order valence-corrected chi connectivity index (χ1v) is 9.62. The van der Waals surface area contributed by atoms with Crippen LogP contribution < -0.4 is 5.73 Å². The first-order valence-electron chi connectivity index (χ1n) is 9.62. The van der Waals surface area contributed by atoms with E-state index in [1.807, 2.05) is 23.1 Å². The summed E-state index contributed by atoms with van der Waals surface area (Å²) >= 11 is 0. The molecule has 0 saturated carbocycles. The Morgan fingerprint density at radius 3 is 2.74 bits per heavy atom. The highest BCUT2D eigenvalue weighted by atomic mass is 16.2. The number of imidazole rings is 1. The molecule has 5 heteroatoms. The Bertz CT molecular complexity index is 934. The fourth-order valence-corrected chi connectivity index (χ4v) is 4.12. The second-order valence-corrected chi connectivity index (χ2v) is 7.47. The van der Waals surface area contributed by atoms with E-state index in [1.165, 1.54) is 5.56 Å². The van der Waals surface area contributed by atoms with Crippen molar-refractivity contribution >= 4 is 16.9 Å². The van der Waals surface area contributed by atoms with Crippen molar-refractivity contribution in [1.29, 1.82) is 0 Å². The van der Waals surface area contributed by atoms with Crippen molar-refractivity contribution < 1.29 is 4.79 Å². The van der Waals surface area contributed by atoms with Crippen LogP contribution in [-0.4, -0.2) is 40.4 Å². The van der Waals surface area contributed by atoms with Crippen molar-refractivity contribution in [3.05, 3.63) is 65.5 Å². The predicted molar refractivity (Wildman–Crippen MR) is 107 cm³/mol. The molecule has 2 atom stereocenters. The first-order chi connectivity index (χ1) is 13.2. The number of aromatic amines is 1. The molecule has 2 aromatic carbocycles. The molecule has 5 nitrogen and oxygen atoms in total. The van der Waals surface area contributed by atoms with Gasteiger partial charge in [0.15, 0.2) is 0 Å². The summed E-state index contributed by atoms with van der Waals surface area (Å²) in [5.74, 6) is 1.71. The third-order valence-corrected chi connectivity index (χ3v) is 5.66. The molecular formula is C22H26N4O. The predicted octanol–water partition coefficient (Wildman–Crippen LogP) is 3.00. The molecule has 0 radical (unpaired) electrons. The number of H-pyrrole nitrogens is 1. The van der Waals surface area contributed by atoms with Gasteiger partial charge >= 0.3 is 0 Å². The van der Waals surface area contributed by atoms with E-state index in [4.69, 9.17) is 5.73 Å². The van der Waals surface area contributed by atoms with Crippen molar-refractivity contribution in [3.8, 4) is 0 Å². The molecule has 2 heterocycles. The summed E-state index contributed by atoms with van der Waals surface area (Å²) in [4.78, 5) is 22.8. The van der Waals surface area contributed by atoms with E-state index in [1.54, 1.807) is 0 Å². The van der Waals surface area contributed by atoms with E-state index < -0.39 is 0 Å². The van der Waals surface area contributed by atoms with E-state index >= 15 is 0 Å². The maximum Gasteiger partial charge on any atom is 0.223 e. The molecule has 1 aliphatic rings. The second-order valence-electron chi connectivity index (χ2n) is 7.47. The van der Waals surface area contributed by atoms with Gasteiger partial charge in [-0.1, -0.05) is 42.5 Å². The maximum atomic E-state index is 12.8. The van der Waals surface area contributed by atoms with Gasteiger partial charge in [0.05, 0.1) is 11.0 Å². The van der Waals surface area contributed by atoms with Gasteiger partial charge in [-0.25, -0.2) is 4.98 Å². The van der Waals surface area contributed by atoms with Crippen molar-refractivity contribution in [2.75, 3.05) is 19.6 Å². The lowest BCUT2D eigenvalue weighted by Gasteiger charge is -2.16. The smallest absolute Gasteiger partial charge is 0.223 e. The number of nitrogens with two attached hydrogens (primary N) is 1. The summed E-state index contributed by atoms with van der Waals surface area (Å²) in [5.41, 5.74) is 10.4. The minimum atomic E-state index is 0.184. The second kappa shape index (κ2) is 7.53. The fraction of sp³-hybridized carbons (Fsp3) is 0.364. The zero-order valence-electron chi connectivity index (χ0n) is 15.7. The Morgan fingerprint density at radius 2 is 2.00 bits per heavy atom. The molecule has 1 aliphatic heterocycles. The van der Waals surface area contributed by atoms with Gasteiger partial charge < -0.3 is 15.6 Å². The summed E-state index contributed by atoms with van der Waals surface area (Å²) < 4.78 is 0. The Kier molecular flexibility index (Phi) is 4.94. The lowest BCUT2D eigenvalue weighted by Crippen LogP contribution is -2.30. The highest BCUT2D eigenvalue weighted by molar-refractivity contribution is 5.79. The number of aromatic nitrogens is 2. The van der Waals surface area contributed by atoms with Crippen LogP contribution in [0.15, 0.2) is 48.5 Å². The third kappa shape index (κ3) is 3.60. The van der Waals surface area contributed by atoms with Gasteiger partial charge in [-0.05, 0) is 36.6 Å². The molecule has 0 aliphatic carbocycles. The zero-order chi connectivity index (χ0) is 18.8. The first kappa shape index (κ1) is 17.7. The van der Waals surface area contributed by atoms with Gasteiger partial charge in [0, 0.05) is 31.8 Å². The number of hydrogen-bond donors (Lipinski definition) is 2. The minimum absolute atomic E-state index is 0.184.